The number of carbonyl (C=O) groups excluding carboxylic acids is 2. The highest BCUT2D eigenvalue weighted by molar-refractivity contribution is 5.84. The summed E-state index contributed by atoms with van der Waals surface area (Å²) >= 11 is 0. The fraction of sp³-hybridized carbons (Fsp3) is 0.545. The van der Waals surface area contributed by atoms with Crippen LogP contribution in [0, 0.1) is 23.2 Å². The Hall–Kier alpha value is -2.70. The molecule has 0 radical (unpaired) electrons. The van der Waals surface area contributed by atoms with Gasteiger partial charge in [-0.15, -0.1) is 0 Å². The first kappa shape index (κ1) is 18.3. The molecule has 4 saturated carbocycles. The molecule has 0 saturated heterocycles. The van der Waals surface area contributed by atoms with Gasteiger partial charge in [-0.1, -0.05) is 12.1 Å². The summed E-state index contributed by atoms with van der Waals surface area (Å²) < 4.78 is 1.47. The molecule has 7 nitrogen and oxygen atoms in total. The van der Waals surface area contributed by atoms with Crippen molar-refractivity contribution in [3.05, 3.63) is 40.7 Å². The molecule has 0 spiro atoms. The highest BCUT2D eigenvalue weighted by atomic mass is 16.2. The molecule has 1 aromatic heterocycles. The van der Waals surface area contributed by atoms with Gasteiger partial charge in [-0.25, -0.2) is 0 Å². The van der Waals surface area contributed by atoms with Crippen LogP contribution in [0.5, 0.6) is 0 Å². The predicted molar refractivity (Wildman–Crippen MR) is 108 cm³/mol. The van der Waals surface area contributed by atoms with E-state index in [9.17, 15) is 14.4 Å². The maximum atomic E-state index is 12.6. The van der Waals surface area contributed by atoms with Crippen LogP contribution >= 0.6 is 0 Å². The molecule has 0 atom stereocenters. The lowest BCUT2D eigenvalue weighted by molar-refractivity contribution is -0.134. The highest BCUT2D eigenvalue weighted by Gasteiger charge is 2.51. The lowest BCUT2D eigenvalue weighted by Crippen LogP contribution is -2.50. The molecule has 29 heavy (non-hydrogen) atoms. The quantitative estimate of drug-likeness (QED) is 0.777. The molecule has 4 bridgehead atoms. The van der Waals surface area contributed by atoms with Gasteiger partial charge in [0.1, 0.15) is 6.54 Å². The van der Waals surface area contributed by atoms with E-state index in [-0.39, 0.29) is 29.2 Å². The van der Waals surface area contributed by atoms with Crippen molar-refractivity contribution in [3.8, 4) is 0 Å². The molecular formula is C22H26N4O3. The summed E-state index contributed by atoms with van der Waals surface area (Å²) in [5.41, 5.74) is 5.66. The summed E-state index contributed by atoms with van der Waals surface area (Å²) in [6.07, 6.45) is 9.22. The van der Waals surface area contributed by atoms with Crippen molar-refractivity contribution in [2.75, 3.05) is 0 Å². The van der Waals surface area contributed by atoms with E-state index in [1.165, 1.54) is 30.1 Å². The van der Waals surface area contributed by atoms with Crippen molar-refractivity contribution in [2.24, 2.45) is 23.2 Å². The number of para-hydroxylation sites is 1. The summed E-state index contributed by atoms with van der Waals surface area (Å²) in [4.78, 5) is 36.8. The monoisotopic (exact) mass is 394 g/mol. The van der Waals surface area contributed by atoms with Crippen molar-refractivity contribution in [3.63, 3.8) is 0 Å². The first-order chi connectivity index (χ1) is 14.0. The number of fused-ring (bicyclic) bond motifs is 1. The van der Waals surface area contributed by atoms with Crippen molar-refractivity contribution < 1.29 is 9.59 Å². The molecule has 0 aliphatic heterocycles. The fourth-order valence-corrected chi connectivity index (χ4v) is 6.49. The van der Waals surface area contributed by atoms with Crippen molar-refractivity contribution in [1.29, 1.82) is 0 Å². The molecule has 1 aromatic carbocycles. The average molecular weight is 394 g/mol. The maximum absolute atomic E-state index is 12.6. The number of rotatable bonds is 4. The summed E-state index contributed by atoms with van der Waals surface area (Å²) in [6, 6.07) is 7.04. The van der Waals surface area contributed by atoms with Crippen LogP contribution in [-0.4, -0.2) is 21.6 Å². The number of hydrazine groups is 1. The first-order valence-electron chi connectivity index (χ1n) is 10.5. The van der Waals surface area contributed by atoms with Gasteiger partial charge >= 0.3 is 0 Å². The van der Waals surface area contributed by atoms with Crippen LogP contribution in [0.2, 0.25) is 0 Å². The Kier molecular flexibility index (Phi) is 4.41. The van der Waals surface area contributed by atoms with E-state index in [1.807, 2.05) is 0 Å². The van der Waals surface area contributed by atoms with Crippen LogP contribution in [0.15, 0.2) is 35.3 Å². The molecule has 1 heterocycles. The van der Waals surface area contributed by atoms with Crippen LogP contribution in [0.4, 0.5) is 0 Å². The third-order valence-corrected chi connectivity index (χ3v) is 7.10. The second kappa shape index (κ2) is 6.97. The second-order valence-corrected chi connectivity index (χ2v) is 9.37. The molecule has 4 aliphatic rings. The number of hydrogen-bond donors (Lipinski definition) is 2. The normalized spacial score (nSPS) is 29.7. The van der Waals surface area contributed by atoms with E-state index in [4.69, 9.17) is 0 Å². The first-order valence-corrected chi connectivity index (χ1v) is 10.5. The zero-order valence-corrected chi connectivity index (χ0v) is 16.4. The van der Waals surface area contributed by atoms with Crippen LogP contribution in [0.25, 0.3) is 10.9 Å². The van der Waals surface area contributed by atoms with E-state index < -0.39 is 0 Å². The molecule has 0 unspecified atom stereocenters. The number of nitrogens with one attached hydrogen (secondary N) is 2. The van der Waals surface area contributed by atoms with Gasteiger partial charge < -0.3 is 0 Å². The SMILES string of the molecule is O=C(Cn1ncc(=O)c2ccccc21)NNC(=O)CC12CC3CC(CC(C3)C1)C2. The highest BCUT2D eigenvalue weighted by Crippen LogP contribution is 2.61. The lowest BCUT2D eigenvalue weighted by atomic mass is 9.49. The van der Waals surface area contributed by atoms with Gasteiger partial charge in [0.2, 0.25) is 11.3 Å². The average Bonchev–Trinajstić information content (AvgIpc) is 2.67. The smallest absolute Gasteiger partial charge is 0.260 e. The Morgan fingerprint density at radius 1 is 1.00 bits per heavy atom. The maximum Gasteiger partial charge on any atom is 0.260 e. The zero-order chi connectivity index (χ0) is 20.0. The van der Waals surface area contributed by atoms with E-state index in [0.717, 1.165) is 37.0 Å². The van der Waals surface area contributed by atoms with Crippen LogP contribution in [0.3, 0.4) is 0 Å². The standard InChI is InChI=1S/C22H26N4O3/c27-19-12-23-26(18-4-2-1-3-17(18)19)13-21(29)25-24-20(28)11-22-8-14-5-15(9-22)7-16(6-14)10-22/h1-4,12,14-16H,5-11,13H2,(H,24,28)(H,25,29). The Labute approximate surface area is 168 Å². The molecular weight excluding hydrogens is 368 g/mol. The number of hydrogen-bond acceptors (Lipinski definition) is 4. The minimum Gasteiger partial charge on any atom is -0.287 e. The van der Waals surface area contributed by atoms with E-state index in [0.29, 0.717) is 17.3 Å². The predicted octanol–water partition coefficient (Wildman–Crippen LogP) is 2.15. The van der Waals surface area contributed by atoms with Gasteiger partial charge in [0.25, 0.3) is 5.91 Å². The largest absolute Gasteiger partial charge is 0.287 e. The minimum absolute atomic E-state index is 0.0710. The molecule has 152 valence electrons. The third kappa shape index (κ3) is 3.54. The van der Waals surface area contributed by atoms with Crippen LogP contribution in [-0.2, 0) is 16.1 Å². The number of nitrogens with zero attached hydrogens (tertiary/aromatic N) is 2. The molecule has 2 amide bonds. The van der Waals surface area contributed by atoms with Crippen molar-refractivity contribution in [1.82, 2.24) is 20.6 Å². The Bertz CT molecular complexity index is 993. The molecule has 2 N–H and O–H groups in total. The molecule has 6 rings (SSSR count). The summed E-state index contributed by atoms with van der Waals surface area (Å²) in [6.45, 7) is -0.0710. The summed E-state index contributed by atoms with van der Waals surface area (Å²) in [7, 11) is 0. The minimum atomic E-state index is -0.370. The zero-order valence-electron chi connectivity index (χ0n) is 16.4. The van der Waals surface area contributed by atoms with Crippen molar-refractivity contribution in [2.45, 2.75) is 51.5 Å². The van der Waals surface area contributed by atoms with Gasteiger partial charge in [0.15, 0.2) is 0 Å². The Morgan fingerprint density at radius 2 is 1.62 bits per heavy atom. The lowest BCUT2D eigenvalue weighted by Gasteiger charge is -2.56. The molecule has 2 aromatic rings. The number of aromatic nitrogens is 2. The summed E-state index contributed by atoms with van der Waals surface area (Å²) in [5.74, 6) is 1.90. The number of carbonyl (C=O) groups is 2. The molecule has 4 aliphatic carbocycles. The van der Waals surface area contributed by atoms with Crippen LogP contribution < -0.4 is 16.3 Å². The van der Waals surface area contributed by atoms with Gasteiger partial charge in [0.05, 0.1) is 11.7 Å². The topological polar surface area (TPSA) is 93.1 Å². The Morgan fingerprint density at radius 3 is 2.31 bits per heavy atom. The van der Waals surface area contributed by atoms with Gasteiger partial charge in [-0.05, 0) is 73.8 Å². The summed E-state index contributed by atoms with van der Waals surface area (Å²) in [5, 5.41) is 4.57. The molecule has 7 heteroatoms. The van der Waals surface area contributed by atoms with E-state index in [1.54, 1.807) is 24.3 Å². The van der Waals surface area contributed by atoms with E-state index in [2.05, 4.69) is 16.0 Å². The van der Waals surface area contributed by atoms with Crippen molar-refractivity contribution >= 4 is 22.7 Å². The molecule has 4 fully saturated rings. The van der Waals surface area contributed by atoms with E-state index >= 15 is 0 Å². The van der Waals surface area contributed by atoms with Crippen LogP contribution in [0.1, 0.15) is 44.9 Å². The fourth-order valence-electron chi connectivity index (χ4n) is 6.49. The van der Waals surface area contributed by atoms with Gasteiger partial charge in [-0.3, -0.25) is 29.9 Å². The van der Waals surface area contributed by atoms with Gasteiger partial charge in [-0.2, -0.15) is 5.10 Å². The third-order valence-electron chi connectivity index (χ3n) is 7.10. The number of amides is 2. The van der Waals surface area contributed by atoms with Gasteiger partial charge in [0, 0.05) is 11.8 Å². The second-order valence-electron chi connectivity index (χ2n) is 9.37. The Balaban J connectivity index is 1.19. The number of benzene rings is 1.